The molecule has 1 saturated heterocycles. The SMILES string of the molecule is CN1/C(=C\Br)C(Br)C(=O)N1c1ccccc1. The predicted octanol–water partition coefficient (Wildman–Crippen LogP) is 2.88. The van der Waals surface area contributed by atoms with Crippen LogP contribution in [0.25, 0.3) is 0 Å². The van der Waals surface area contributed by atoms with Crippen LogP contribution in [0, 0.1) is 0 Å². The second-order valence-corrected chi connectivity index (χ2v) is 4.78. The van der Waals surface area contributed by atoms with E-state index in [1.807, 2.05) is 42.4 Å². The van der Waals surface area contributed by atoms with Crippen molar-refractivity contribution in [3.63, 3.8) is 0 Å². The molecular weight excluding hydrogens is 336 g/mol. The first-order valence-electron chi connectivity index (χ1n) is 4.74. The highest BCUT2D eigenvalue weighted by molar-refractivity contribution is 9.11. The summed E-state index contributed by atoms with van der Waals surface area (Å²) in [5.41, 5.74) is 1.75. The number of anilines is 1. The Morgan fingerprint density at radius 1 is 1.31 bits per heavy atom. The fraction of sp³-hybridized carbons (Fsp3) is 0.182. The molecule has 1 aliphatic heterocycles. The molecule has 1 aliphatic rings. The fourth-order valence-corrected chi connectivity index (χ4v) is 3.19. The smallest absolute Gasteiger partial charge is 0.265 e. The van der Waals surface area contributed by atoms with Gasteiger partial charge in [0, 0.05) is 12.0 Å². The number of halogens is 2. The molecule has 0 bridgehead atoms. The number of benzene rings is 1. The van der Waals surface area contributed by atoms with Crippen molar-refractivity contribution in [2.45, 2.75) is 4.83 Å². The van der Waals surface area contributed by atoms with Crippen LogP contribution in [0.3, 0.4) is 0 Å². The Kier molecular flexibility index (Phi) is 3.35. The summed E-state index contributed by atoms with van der Waals surface area (Å²) in [6, 6.07) is 9.57. The standard InChI is InChI=1S/C11H10Br2N2O/c1-14-9(7-12)10(13)11(16)15(14)8-5-3-2-4-6-8/h2-7,10H,1H3/b9-7-. The summed E-state index contributed by atoms with van der Waals surface area (Å²) in [6.45, 7) is 0. The summed E-state index contributed by atoms with van der Waals surface area (Å²) in [4.78, 5) is 13.5. The number of para-hydroxylation sites is 1. The average molecular weight is 346 g/mol. The van der Waals surface area contributed by atoms with E-state index < -0.39 is 0 Å². The van der Waals surface area contributed by atoms with E-state index in [-0.39, 0.29) is 10.7 Å². The summed E-state index contributed by atoms with van der Waals surface area (Å²) >= 11 is 6.65. The zero-order valence-corrected chi connectivity index (χ0v) is 11.8. The van der Waals surface area contributed by atoms with Gasteiger partial charge in [-0.1, -0.05) is 50.1 Å². The quantitative estimate of drug-likeness (QED) is 0.731. The summed E-state index contributed by atoms with van der Waals surface area (Å²) in [5.74, 6) is 0.0133. The van der Waals surface area contributed by atoms with Crippen LogP contribution in [-0.2, 0) is 4.79 Å². The Balaban J connectivity index is 2.41. The van der Waals surface area contributed by atoms with Gasteiger partial charge < -0.3 is 0 Å². The van der Waals surface area contributed by atoms with Crippen molar-refractivity contribution in [2.75, 3.05) is 12.1 Å². The van der Waals surface area contributed by atoms with Gasteiger partial charge in [-0.05, 0) is 12.1 Å². The molecule has 0 spiro atoms. The summed E-state index contributed by atoms with van der Waals surface area (Å²) < 4.78 is 0. The fourth-order valence-electron chi connectivity index (χ4n) is 1.66. The molecule has 1 atom stereocenters. The van der Waals surface area contributed by atoms with Gasteiger partial charge in [0.2, 0.25) is 0 Å². The lowest BCUT2D eigenvalue weighted by atomic mass is 10.3. The number of carbonyl (C=O) groups excluding carboxylic acids is 1. The molecule has 1 amide bonds. The van der Waals surface area contributed by atoms with E-state index >= 15 is 0 Å². The molecule has 0 aromatic heterocycles. The van der Waals surface area contributed by atoms with Gasteiger partial charge in [-0.25, -0.2) is 5.01 Å². The maximum atomic E-state index is 12.1. The number of hydrogen-bond acceptors (Lipinski definition) is 2. The number of carbonyl (C=O) groups is 1. The summed E-state index contributed by atoms with van der Waals surface area (Å²) in [7, 11) is 1.86. The number of alkyl halides is 1. The third kappa shape index (κ3) is 1.78. The lowest BCUT2D eigenvalue weighted by Crippen LogP contribution is -2.35. The van der Waals surface area contributed by atoms with Gasteiger partial charge >= 0.3 is 0 Å². The molecular formula is C11H10Br2N2O. The van der Waals surface area contributed by atoms with Crippen LogP contribution in [0.1, 0.15) is 0 Å². The maximum Gasteiger partial charge on any atom is 0.265 e. The predicted molar refractivity (Wildman–Crippen MR) is 71.4 cm³/mol. The van der Waals surface area contributed by atoms with E-state index in [1.54, 1.807) is 9.99 Å². The van der Waals surface area contributed by atoms with Crippen LogP contribution in [0.2, 0.25) is 0 Å². The van der Waals surface area contributed by atoms with Crippen molar-refractivity contribution in [1.82, 2.24) is 5.01 Å². The Morgan fingerprint density at radius 2 is 1.94 bits per heavy atom. The first-order chi connectivity index (χ1) is 7.66. The van der Waals surface area contributed by atoms with Gasteiger partial charge in [0.05, 0.1) is 11.4 Å². The molecule has 1 aromatic rings. The van der Waals surface area contributed by atoms with E-state index in [9.17, 15) is 4.79 Å². The minimum Gasteiger partial charge on any atom is -0.283 e. The first kappa shape index (κ1) is 11.7. The minimum atomic E-state index is -0.294. The number of nitrogens with zero attached hydrogens (tertiary/aromatic N) is 2. The van der Waals surface area contributed by atoms with Gasteiger partial charge in [0.25, 0.3) is 5.91 Å². The molecule has 1 aromatic carbocycles. The number of hydrazine groups is 1. The lowest BCUT2D eigenvalue weighted by Gasteiger charge is -2.25. The highest BCUT2D eigenvalue weighted by Gasteiger charge is 2.39. The molecule has 0 saturated carbocycles. The molecule has 0 aliphatic carbocycles. The molecule has 0 radical (unpaired) electrons. The molecule has 84 valence electrons. The highest BCUT2D eigenvalue weighted by atomic mass is 79.9. The van der Waals surface area contributed by atoms with E-state index in [4.69, 9.17) is 0 Å². The Morgan fingerprint density at radius 3 is 2.44 bits per heavy atom. The number of rotatable bonds is 1. The average Bonchev–Trinajstić information content (AvgIpc) is 2.51. The molecule has 16 heavy (non-hydrogen) atoms. The van der Waals surface area contributed by atoms with E-state index in [0.717, 1.165) is 11.4 Å². The van der Waals surface area contributed by atoms with Gasteiger partial charge in [-0.3, -0.25) is 9.80 Å². The third-order valence-corrected chi connectivity index (χ3v) is 3.80. The van der Waals surface area contributed by atoms with Crippen LogP contribution in [0.15, 0.2) is 41.0 Å². The maximum absolute atomic E-state index is 12.1. The van der Waals surface area contributed by atoms with Crippen molar-refractivity contribution >= 4 is 43.5 Å². The first-order valence-corrected chi connectivity index (χ1v) is 6.57. The molecule has 1 heterocycles. The van der Waals surface area contributed by atoms with E-state index in [1.165, 1.54) is 0 Å². The van der Waals surface area contributed by atoms with Crippen molar-refractivity contribution < 1.29 is 4.79 Å². The third-order valence-electron chi connectivity index (χ3n) is 2.47. The van der Waals surface area contributed by atoms with Gasteiger partial charge in [-0.2, -0.15) is 0 Å². The number of hydrogen-bond donors (Lipinski definition) is 0. The Labute approximate surface area is 111 Å². The normalized spacial score (nSPS) is 23.3. The van der Waals surface area contributed by atoms with Gasteiger partial charge in [0.15, 0.2) is 0 Å². The van der Waals surface area contributed by atoms with E-state index in [2.05, 4.69) is 31.9 Å². The highest BCUT2D eigenvalue weighted by Crippen LogP contribution is 2.32. The zero-order chi connectivity index (χ0) is 11.7. The van der Waals surface area contributed by atoms with Gasteiger partial charge in [0.1, 0.15) is 4.83 Å². The zero-order valence-electron chi connectivity index (χ0n) is 8.60. The summed E-state index contributed by atoms with van der Waals surface area (Å²) in [6.07, 6.45) is 0. The summed E-state index contributed by atoms with van der Waals surface area (Å²) in [5, 5.41) is 3.47. The molecule has 2 rings (SSSR count). The lowest BCUT2D eigenvalue weighted by molar-refractivity contribution is -0.117. The molecule has 3 nitrogen and oxygen atoms in total. The number of amides is 1. The second-order valence-electron chi connectivity index (χ2n) is 3.41. The van der Waals surface area contributed by atoms with Crippen molar-refractivity contribution in [3.8, 4) is 0 Å². The Hall–Kier alpha value is -0.810. The van der Waals surface area contributed by atoms with Crippen molar-refractivity contribution in [2.24, 2.45) is 0 Å². The van der Waals surface area contributed by atoms with E-state index in [0.29, 0.717) is 0 Å². The molecule has 1 unspecified atom stereocenters. The van der Waals surface area contributed by atoms with Crippen LogP contribution < -0.4 is 5.01 Å². The molecule has 0 N–H and O–H groups in total. The van der Waals surface area contributed by atoms with Crippen LogP contribution in [0.4, 0.5) is 5.69 Å². The monoisotopic (exact) mass is 344 g/mol. The molecule has 5 heteroatoms. The van der Waals surface area contributed by atoms with Crippen molar-refractivity contribution in [3.05, 3.63) is 41.0 Å². The second kappa shape index (κ2) is 4.59. The minimum absolute atomic E-state index is 0.0133. The van der Waals surface area contributed by atoms with Crippen LogP contribution in [-0.4, -0.2) is 22.8 Å². The van der Waals surface area contributed by atoms with Crippen LogP contribution >= 0.6 is 31.9 Å². The largest absolute Gasteiger partial charge is 0.283 e. The van der Waals surface area contributed by atoms with Gasteiger partial charge in [-0.15, -0.1) is 0 Å². The Bertz CT molecular complexity index is 433. The van der Waals surface area contributed by atoms with Crippen molar-refractivity contribution in [1.29, 1.82) is 0 Å². The molecule has 1 fully saturated rings. The van der Waals surface area contributed by atoms with Crippen LogP contribution in [0.5, 0.6) is 0 Å². The topological polar surface area (TPSA) is 23.6 Å².